The van der Waals surface area contributed by atoms with Crippen LogP contribution in [0.1, 0.15) is 10.4 Å². The van der Waals surface area contributed by atoms with Gasteiger partial charge in [0, 0.05) is 7.05 Å². The summed E-state index contributed by atoms with van der Waals surface area (Å²) in [5.41, 5.74) is 0.422. The van der Waals surface area contributed by atoms with Gasteiger partial charge in [0.1, 0.15) is 0 Å². The second-order valence-corrected chi connectivity index (χ2v) is 6.82. The van der Waals surface area contributed by atoms with Crippen molar-refractivity contribution in [2.75, 3.05) is 18.5 Å². The lowest BCUT2D eigenvalue weighted by molar-refractivity contribution is 0.0601. The number of hydrogen-bond donors (Lipinski definition) is 0. The van der Waals surface area contributed by atoms with Gasteiger partial charge in [0.2, 0.25) is 0 Å². The van der Waals surface area contributed by atoms with Gasteiger partial charge in [0.25, 0.3) is 10.0 Å². The lowest BCUT2D eigenvalue weighted by Crippen LogP contribution is -2.26. The van der Waals surface area contributed by atoms with Crippen LogP contribution >= 0.6 is 11.6 Å². The van der Waals surface area contributed by atoms with Gasteiger partial charge in [-0.15, -0.1) is 0 Å². The van der Waals surface area contributed by atoms with E-state index in [0.29, 0.717) is 5.69 Å². The topological polar surface area (TPSA) is 63.7 Å². The molecule has 2 rings (SSSR count). The molecule has 7 heteroatoms. The predicted molar refractivity (Wildman–Crippen MR) is 84.8 cm³/mol. The third-order valence-corrected chi connectivity index (χ3v) is 5.25. The summed E-state index contributed by atoms with van der Waals surface area (Å²) >= 11 is 5.94. The summed E-state index contributed by atoms with van der Waals surface area (Å²) in [6.45, 7) is 0. The number of anilines is 1. The van der Waals surface area contributed by atoms with E-state index >= 15 is 0 Å². The average Bonchev–Trinajstić information content (AvgIpc) is 2.54. The largest absolute Gasteiger partial charge is 0.465 e. The third-order valence-electron chi connectivity index (χ3n) is 3.12. The zero-order valence-electron chi connectivity index (χ0n) is 12.0. The maximum atomic E-state index is 12.5. The highest BCUT2D eigenvalue weighted by Gasteiger charge is 2.22. The quantitative estimate of drug-likeness (QED) is 0.803. The Kier molecular flexibility index (Phi) is 4.73. The minimum atomic E-state index is -3.72. The summed E-state index contributed by atoms with van der Waals surface area (Å²) in [6, 6.07) is 12.4. The van der Waals surface area contributed by atoms with E-state index in [-0.39, 0.29) is 15.5 Å². The molecule has 0 N–H and O–H groups in total. The molecule has 2 aromatic carbocycles. The van der Waals surface area contributed by atoms with Crippen molar-refractivity contribution in [3.63, 3.8) is 0 Å². The standard InChI is InChI=1S/C15H14ClNO4S/c1-17(22(19,20)12-6-4-3-5-7-12)11-8-9-14(16)13(10-11)15(18)21-2/h3-10H,1-2H3. The van der Waals surface area contributed by atoms with E-state index in [1.54, 1.807) is 18.2 Å². The summed E-state index contributed by atoms with van der Waals surface area (Å²) in [6.07, 6.45) is 0. The number of methoxy groups -OCH3 is 1. The first-order chi connectivity index (χ1) is 10.4. The molecule has 0 heterocycles. The number of sulfonamides is 1. The van der Waals surface area contributed by atoms with E-state index in [1.807, 2.05) is 0 Å². The Morgan fingerprint density at radius 3 is 2.36 bits per heavy atom. The molecule has 0 unspecified atom stereocenters. The number of esters is 1. The fraction of sp³-hybridized carbons (Fsp3) is 0.133. The molecule has 0 amide bonds. The number of rotatable bonds is 4. The predicted octanol–water partition coefficient (Wildman–Crippen LogP) is 2.95. The van der Waals surface area contributed by atoms with E-state index < -0.39 is 16.0 Å². The number of carbonyl (C=O) groups is 1. The Bertz CT molecular complexity index is 790. The molecule has 22 heavy (non-hydrogen) atoms. The second kappa shape index (κ2) is 6.37. The van der Waals surface area contributed by atoms with Crippen LogP contribution in [-0.4, -0.2) is 28.5 Å². The van der Waals surface area contributed by atoms with E-state index in [1.165, 1.54) is 44.5 Å². The minimum absolute atomic E-state index is 0.108. The van der Waals surface area contributed by atoms with Crippen molar-refractivity contribution >= 4 is 33.3 Å². The van der Waals surface area contributed by atoms with E-state index in [0.717, 1.165) is 4.31 Å². The van der Waals surface area contributed by atoms with Gasteiger partial charge in [-0.3, -0.25) is 4.31 Å². The summed E-state index contributed by atoms with van der Waals surface area (Å²) < 4.78 is 30.8. The van der Waals surface area contributed by atoms with Crippen LogP contribution in [-0.2, 0) is 14.8 Å². The van der Waals surface area contributed by atoms with Crippen molar-refractivity contribution in [2.45, 2.75) is 4.90 Å². The summed E-state index contributed by atoms with van der Waals surface area (Å²) in [5.74, 6) is -0.627. The Morgan fingerprint density at radius 2 is 1.77 bits per heavy atom. The van der Waals surface area contributed by atoms with Crippen molar-refractivity contribution in [2.24, 2.45) is 0 Å². The molecule has 0 aliphatic rings. The number of benzene rings is 2. The maximum Gasteiger partial charge on any atom is 0.339 e. The summed E-state index contributed by atoms with van der Waals surface area (Å²) in [5, 5.41) is 0.195. The first kappa shape index (κ1) is 16.3. The fourth-order valence-electron chi connectivity index (χ4n) is 1.86. The van der Waals surface area contributed by atoms with Crippen LogP contribution in [0.2, 0.25) is 5.02 Å². The molecule has 0 spiro atoms. The van der Waals surface area contributed by atoms with E-state index in [2.05, 4.69) is 4.74 Å². The van der Waals surface area contributed by atoms with Gasteiger partial charge in [0.15, 0.2) is 0 Å². The zero-order chi connectivity index (χ0) is 16.3. The molecule has 0 aromatic heterocycles. The second-order valence-electron chi connectivity index (χ2n) is 4.44. The van der Waals surface area contributed by atoms with Gasteiger partial charge in [-0.2, -0.15) is 0 Å². The molecule has 0 fully saturated rings. The van der Waals surface area contributed by atoms with Gasteiger partial charge in [0.05, 0.1) is 28.3 Å². The molecular formula is C15H14ClNO4S. The molecule has 0 saturated carbocycles. The van der Waals surface area contributed by atoms with Crippen LogP contribution in [0.15, 0.2) is 53.4 Å². The van der Waals surface area contributed by atoms with Gasteiger partial charge >= 0.3 is 5.97 Å². The lowest BCUT2D eigenvalue weighted by atomic mass is 10.2. The van der Waals surface area contributed by atoms with Crippen molar-refractivity contribution < 1.29 is 17.9 Å². The van der Waals surface area contributed by atoms with E-state index in [9.17, 15) is 13.2 Å². The molecule has 0 bridgehead atoms. The Hall–Kier alpha value is -2.05. The van der Waals surface area contributed by atoms with Crippen LogP contribution in [0.25, 0.3) is 0 Å². The fourth-order valence-corrected chi connectivity index (χ4v) is 3.27. The van der Waals surface area contributed by atoms with E-state index in [4.69, 9.17) is 11.6 Å². The van der Waals surface area contributed by atoms with Crippen LogP contribution in [0.4, 0.5) is 5.69 Å². The van der Waals surface area contributed by atoms with Crippen molar-refractivity contribution in [3.8, 4) is 0 Å². The molecule has 0 radical (unpaired) electrons. The zero-order valence-corrected chi connectivity index (χ0v) is 13.6. The summed E-state index contributed by atoms with van der Waals surface area (Å²) in [7, 11) is -1.07. The lowest BCUT2D eigenvalue weighted by Gasteiger charge is -2.20. The molecule has 0 saturated heterocycles. The van der Waals surface area contributed by atoms with Crippen molar-refractivity contribution in [1.29, 1.82) is 0 Å². The maximum absolute atomic E-state index is 12.5. The van der Waals surface area contributed by atoms with Crippen molar-refractivity contribution in [1.82, 2.24) is 0 Å². The Balaban J connectivity index is 2.46. The van der Waals surface area contributed by atoms with Crippen molar-refractivity contribution in [3.05, 3.63) is 59.1 Å². The number of ether oxygens (including phenoxy) is 1. The highest BCUT2D eigenvalue weighted by Crippen LogP contribution is 2.27. The van der Waals surface area contributed by atoms with Crippen LogP contribution < -0.4 is 4.31 Å². The van der Waals surface area contributed by atoms with Crippen LogP contribution in [0.5, 0.6) is 0 Å². The molecule has 5 nitrogen and oxygen atoms in total. The number of nitrogens with zero attached hydrogens (tertiary/aromatic N) is 1. The summed E-state index contributed by atoms with van der Waals surface area (Å²) in [4.78, 5) is 11.8. The Labute approximate surface area is 134 Å². The monoisotopic (exact) mass is 339 g/mol. The normalized spacial score (nSPS) is 11.0. The first-order valence-corrected chi connectivity index (χ1v) is 8.11. The number of carbonyl (C=O) groups excluding carboxylic acids is 1. The molecule has 0 aliphatic carbocycles. The number of halogens is 1. The molecule has 0 aliphatic heterocycles. The third kappa shape index (κ3) is 3.08. The Morgan fingerprint density at radius 1 is 1.14 bits per heavy atom. The highest BCUT2D eigenvalue weighted by molar-refractivity contribution is 7.92. The smallest absolute Gasteiger partial charge is 0.339 e. The van der Waals surface area contributed by atoms with Crippen LogP contribution in [0, 0.1) is 0 Å². The van der Waals surface area contributed by atoms with Gasteiger partial charge in [-0.25, -0.2) is 13.2 Å². The van der Waals surface area contributed by atoms with Gasteiger partial charge in [-0.1, -0.05) is 29.8 Å². The first-order valence-electron chi connectivity index (χ1n) is 6.30. The minimum Gasteiger partial charge on any atom is -0.465 e. The molecule has 2 aromatic rings. The molecule has 0 atom stereocenters. The average molecular weight is 340 g/mol. The van der Waals surface area contributed by atoms with Gasteiger partial charge < -0.3 is 4.74 Å². The highest BCUT2D eigenvalue weighted by atomic mass is 35.5. The SMILES string of the molecule is COC(=O)c1cc(N(C)S(=O)(=O)c2ccccc2)ccc1Cl. The molecular weight excluding hydrogens is 326 g/mol. The molecule has 116 valence electrons. The van der Waals surface area contributed by atoms with Gasteiger partial charge in [-0.05, 0) is 30.3 Å². The van der Waals surface area contributed by atoms with Crippen LogP contribution in [0.3, 0.4) is 0 Å². The number of hydrogen-bond acceptors (Lipinski definition) is 4.